The maximum Gasteiger partial charge on any atom is 0.248 e. The molecule has 0 atom stereocenters. The van der Waals surface area contributed by atoms with Crippen molar-refractivity contribution in [3.63, 3.8) is 0 Å². The molecule has 0 aliphatic heterocycles. The molecule has 0 saturated carbocycles. The predicted octanol–water partition coefficient (Wildman–Crippen LogP) is 6.68. The van der Waals surface area contributed by atoms with Gasteiger partial charge in [0.1, 0.15) is 5.54 Å². The number of benzene rings is 5. The monoisotopic (exact) mass is 508 g/mol. The van der Waals surface area contributed by atoms with Gasteiger partial charge >= 0.3 is 0 Å². The molecule has 190 valence electrons. The lowest BCUT2D eigenvalue weighted by molar-refractivity contribution is 0.100. The van der Waals surface area contributed by atoms with E-state index in [4.69, 9.17) is 10.8 Å². The molecule has 0 unspecified atom stereocenters. The van der Waals surface area contributed by atoms with E-state index in [0.29, 0.717) is 5.56 Å². The molecule has 6 aromatic rings. The Morgan fingerprint density at radius 3 is 1.74 bits per heavy atom. The molecule has 3 N–H and O–H groups in total. The average molecular weight is 509 g/mol. The van der Waals surface area contributed by atoms with Crippen molar-refractivity contribution in [1.29, 1.82) is 0 Å². The number of nitrogens with zero attached hydrogens (tertiary/aromatic N) is 2. The van der Waals surface area contributed by atoms with Gasteiger partial charge in [0, 0.05) is 18.0 Å². The van der Waals surface area contributed by atoms with E-state index in [1.807, 2.05) is 43.4 Å². The Labute approximate surface area is 227 Å². The van der Waals surface area contributed by atoms with Gasteiger partial charge in [-0.15, -0.1) is 0 Å². The summed E-state index contributed by atoms with van der Waals surface area (Å²) in [4.78, 5) is 11.8. The van der Waals surface area contributed by atoms with Gasteiger partial charge in [-0.3, -0.25) is 4.79 Å². The zero-order valence-corrected chi connectivity index (χ0v) is 21.6. The lowest BCUT2D eigenvalue weighted by atomic mass is 9.77. The van der Waals surface area contributed by atoms with Gasteiger partial charge in [-0.25, -0.2) is 4.68 Å². The van der Waals surface area contributed by atoms with Gasteiger partial charge in [0.05, 0.1) is 5.52 Å². The SMILES string of the molecule is CNc1nn(C(c2ccccc2)(c2ccccc2)c2ccccc2)c2ccc(-c3cccc(C(N)=O)c3)cc12. The molecule has 1 heterocycles. The molecule has 0 radical (unpaired) electrons. The first-order valence-electron chi connectivity index (χ1n) is 12.9. The highest BCUT2D eigenvalue weighted by molar-refractivity contribution is 5.96. The first kappa shape index (κ1) is 24.2. The summed E-state index contributed by atoms with van der Waals surface area (Å²) in [5.41, 5.74) is 11.5. The van der Waals surface area contributed by atoms with Crippen molar-refractivity contribution < 1.29 is 4.79 Å². The highest BCUT2D eigenvalue weighted by atomic mass is 16.1. The van der Waals surface area contributed by atoms with Gasteiger partial charge in [0.15, 0.2) is 5.82 Å². The number of nitrogens with two attached hydrogens (primary N) is 1. The normalized spacial score (nSPS) is 11.4. The summed E-state index contributed by atoms with van der Waals surface area (Å²) in [7, 11) is 1.89. The van der Waals surface area contributed by atoms with Crippen LogP contribution in [0, 0.1) is 0 Å². The standard InChI is InChI=1S/C34H28N4O/c1-36-33-30-23-25(24-12-11-13-26(22-24)32(35)39)20-21-31(30)38(37-33)34(27-14-5-2-6-15-27,28-16-7-3-8-17-28)29-18-9-4-10-19-29/h2-23H,1H3,(H2,35,39)(H,36,37). The van der Waals surface area contributed by atoms with Gasteiger partial charge in [0.25, 0.3) is 0 Å². The van der Waals surface area contributed by atoms with Crippen molar-refractivity contribution in [1.82, 2.24) is 9.78 Å². The summed E-state index contributed by atoms with van der Waals surface area (Å²) >= 11 is 0. The highest BCUT2D eigenvalue weighted by Gasteiger charge is 2.40. The van der Waals surface area contributed by atoms with Crippen LogP contribution in [0.2, 0.25) is 0 Å². The van der Waals surface area contributed by atoms with E-state index in [0.717, 1.165) is 44.5 Å². The van der Waals surface area contributed by atoms with Crippen molar-refractivity contribution in [2.75, 3.05) is 12.4 Å². The summed E-state index contributed by atoms with van der Waals surface area (Å²) in [6.07, 6.45) is 0. The van der Waals surface area contributed by atoms with Gasteiger partial charge in [-0.1, -0.05) is 109 Å². The zero-order chi connectivity index (χ0) is 26.8. The second-order valence-corrected chi connectivity index (χ2v) is 9.50. The molecule has 5 nitrogen and oxygen atoms in total. The maximum absolute atomic E-state index is 11.8. The number of primary amides is 1. The van der Waals surface area contributed by atoms with Crippen LogP contribution in [-0.4, -0.2) is 22.7 Å². The second kappa shape index (κ2) is 9.95. The zero-order valence-electron chi connectivity index (χ0n) is 21.6. The van der Waals surface area contributed by atoms with Crippen LogP contribution in [0.25, 0.3) is 22.0 Å². The molecule has 0 fully saturated rings. The fourth-order valence-electron chi connectivity index (χ4n) is 5.49. The molecule has 0 aliphatic rings. The van der Waals surface area contributed by atoms with Crippen LogP contribution in [-0.2, 0) is 5.54 Å². The van der Waals surface area contributed by atoms with Crippen LogP contribution in [0.3, 0.4) is 0 Å². The molecule has 0 aliphatic carbocycles. The Balaban J connectivity index is 1.68. The number of anilines is 1. The van der Waals surface area contributed by atoms with Crippen molar-refractivity contribution in [2.24, 2.45) is 5.73 Å². The van der Waals surface area contributed by atoms with Gasteiger partial charge in [-0.05, 0) is 52.1 Å². The minimum atomic E-state index is -0.732. The van der Waals surface area contributed by atoms with Crippen LogP contribution in [0.4, 0.5) is 5.82 Å². The average Bonchev–Trinajstić information content (AvgIpc) is 3.37. The van der Waals surface area contributed by atoms with Crippen molar-refractivity contribution >= 4 is 22.6 Å². The molecule has 0 spiro atoms. The number of aromatic nitrogens is 2. The lowest BCUT2D eigenvalue weighted by Crippen LogP contribution is -2.38. The Morgan fingerprint density at radius 2 is 1.23 bits per heavy atom. The molecule has 0 saturated heterocycles. The molecule has 39 heavy (non-hydrogen) atoms. The van der Waals surface area contributed by atoms with E-state index in [1.54, 1.807) is 6.07 Å². The third kappa shape index (κ3) is 4.05. The quantitative estimate of drug-likeness (QED) is 0.236. The third-order valence-electron chi connectivity index (χ3n) is 7.29. The summed E-state index contributed by atoms with van der Waals surface area (Å²) in [5, 5.41) is 9.52. The topological polar surface area (TPSA) is 72.9 Å². The van der Waals surface area contributed by atoms with E-state index in [1.165, 1.54) is 0 Å². The highest BCUT2D eigenvalue weighted by Crippen LogP contribution is 2.43. The predicted molar refractivity (Wildman–Crippen MR) is 158 cm³/mol. The Hall–Kier alpha value is -5.16. The van der Waals surface area contributed by atoms with Crippen LogP contribution >= 0.6 is 0 Å². The van der Waals surface area contributed by atoms with Crippen molar-refractivity contribution in [3.05, 3.63) is 156 Å². The molecular formula is C34H28N4O. The Kier molecular flexibility index (Phi) is 6.17. The molecule has 6 rings (SSSR count). The minimum absolute atomic E-state index is 0.444. The van der Waals surface area contributed by atoms with Crippen LogP contribution in [0.1, 0.15) is 27.0 Å². The van der Waals surface area contributed by atoms with Gasteiger partial charge < -0.3 is 11.1 Å². The largest absolute Gasteiger partial charge is 0.371 e. The molecule has 0 bridgehead atoms. The summed E-state index contributed by atoms with van der Waals surface area (Å²) in [6, 6.07) is 45.2. The maximum atomic E-state index is 11.8. The van der Waals surface area contributed by atoms with Gasteiger partial charge in [0.2, 0.25) is 5.91 Å². The van der Waals surface area contributed by atoms with E-state index < -0.39 is 11.4 Å². The first-order valence-corrected chi connectivity index (χ1v) is 12.9. The minimum Gasteiger partial charge on any atom is -0.371 e. The fourth-order valence-corrected chi connectivity index (χ4v) is 5.49. The summed E-state index contributed by atoms with van der Waals surface area (Å²) in [5.74, 6) is 0.324. The first-order chi connectivity index (χ1) is 19.1. The number of hydrogen-bond donors (Lipinski definition) is 2. The number of fused-ring (bicyclic) bond motifs is 1. The second-order valence-electron chi connectivity index (χ2n) is 9.50. The number of hydrogen-bond acceptors (Lipinski definition) is 3. The number of amides is 1. The summed E-state index contributed by atoms with van der Waals surface area (Å²) < 4.78 is 2.14. The molecule has 5 aromatic carbocycles. The van der Waals surface area contributed by atoms with Crippen molar-refractivity contribution in [3.8, 4) is 11.1 Å². The van der Waals surface area contributed by atoms with E-state index >= 15 is 0 Å². The van der Waals surface area contributed by atoms with Crippen molar-refractivity contribution in [2.45, 2.75) is 5.54 Å². The number of rotatable bonds is 7. The van der Waals surface area contributed by atoms with E-state index in [9.17, 15) is 4.79 Å². The fraction of sp³-hybridized carbons (Fsp3) is 0.0588. The van der Waals surface area contributed by atoms with Crippen LogP contribution in [0.15, 0.2) is 133 Å². The summed E-state index contributed by atoms with van der Waals surface area (Å²) in [6.45, 7) is 0. The lowest BCUT2D eigenvalue weighted by Gasteiger charge is -2.37. The number of carbonyl (C=O) groups excluding carboxylic acids is 1. The van der Waals surface area contributed by atoms with Gasteiger partial charge in [-0.2, -0.15) is 5.10 Å². The molecule has 5 heteroatoms. The molecular weight excluding hydrogens is 480 g/mol. The number of carbonyl (C=O) groups is 1. The van der Waals surface area contributed by atoms with Crippen LogP contribution in [0.5, 0.6) is 0 Å². The Morgan fingerprint density at radius 1 is 0.692 bits per heavy atom. The number of nitrogens with one attached hydrogen (secondary N) is 1. The Bertz CT molecular complexity index is 1660. The smallest absolute Gasteiger partial charge is 0.248 e. The molecule has 1 aromatic heterocycles. The third-order valence-corrected chi connectivity index (χ3v) is 7.29. The molecule has 1 amide bonds. The van der Waals surface area contributed by atoms with E-state index in [-0.39, 0.29) is 0 Å². The van der Waals surface area contributed by atoms with Crippen LogP contribution < -0.4 is 11.1 Å². The van der Waals surface area contributed by atoms with E-state index in [2.05, 4.69) is 101 Å².